The number of hydrogen-bond acceptors (Lipinski definition) is 3. The Balaban J connectivity index is 2.57. The molecule has 0 aromatic rings. The normalized spacial score (nSPS) is 26.6. The molecule has 0 radical (unpaired) electrons. The van der Waals surface area contributed by atoms with Crippen molar-refractivity contribution in [1.82, 2.24) is 9.03 Å². The monoisotopic (exact) mass is 221 g/mol. The average molecular weight is 221 g/mol. The molecule has 0 bridgehead atoms. The van der Waals surface area contributed by atoms with E-state index in [1.807, 2.05) is 0 Å². The van der Waals surface area contributed by atoms with Crippen LogP contribution >= 0.6 is 0 Å². The molecule has 0 spiro atoms. The van der Waals surface area contributed by atoms with Gasteiger partial charge in [-0.3, -0.25) is 0 Å². The van der Waals surface area contributed by atoms with E-state index in [9.17, 15) is 8.42 Å². The second-order valence-electron chi connectivity index (χ2n) is 4.01. The van der Waals surface area contributed by atoms with Crippen molar-refractivity contribution in [3.05, 3.63) is 0 Å². The standard InChI is InChI=1S/C8H19N3O2S/c1-7-3-4-11(6-7)14(12,13)10-8(2)5-9/h7-8,10H,3-6,9H2,1-2H3/t7?,8-/m1/s1. The Hall–Kier alpha value is -0.170. The largest absolute Gasteiger partial charge is 0.329 e. The van der Waals surface area contributed by atoms with Gasteiger partial charge in [-0.05, 0) is 19.3 Å². The van der Waals surface area contributed by atoms with Gasteiger partial charge in [0.2, 0.25) is 0 Å². The first-order chi connectivity index (χ1) is 6.45. The van der Waals surface area contributed by atoms with Crippen molar-refractivity contribution >= 4 is 10.2 Å². The molecule has 1 unspecified atom stereocenters. The molecular weight excluding hydrogens is 202 g/mol. The zero-order valence-corrected chi connectivity index (χ0v) is 9.55. The fourth-order valence-corrected chi connectivity index (χ4v) is 3.04. The number of nitrogens with two attached hydrogens (primary N) is 1. The Labute approximate surface area is 85.8 Å². The lowest BCUT2D eigenvalue weighted by Crippen LogP contribution is -2.45. The van der Waals surface area contributed by atoms with Gasteiger partial charge in [-0.2, -0.15) is 17.4 Å². The maximum atomic E-state index is 11.7. The lowest BCUT2D eigenvalue weighted by atomic mass is 10.2. The molecule has 1 rings (SSSR count). The van der Waals surface area contributed by atoms with Crippen LogP contribution in [0.5, 0.6) is 0 Å². The Kier molecular flexibility index (Phi) is 3.88. The molecule has 5 nitrogen and oxygen atoms in total. The van der Waals surface area contributed by atoms with Crippen LogP contribution < -0.4 is 10.5 Å². The van der Waals surface area contributed by atoms with E-state index in [0.717, 1.165) is 6.42 Å². The van der Waals surface area contributed by atoms with Crippen molar-refractivity contribution in [2.75, 3.05) is 19.6 Å². The quantitative estimate of drug-likeness (QED) is 0.672. The summed E-state index contributed by atoms with van der Waals surface area (Å²) in [5, 5.41) is 0. The minimum Gasteiger partial charge on any atom is -0.329 e. The summed E-state index contributed by atoms with van der Waals surface area (Å²) in [6.45, 7) is 5.38. The number of nitrogens with zero attached hydrogens (tertiary/aromatic N) is 1. The summed E-state index contributed by atoms with van der Waals surface area (Å²) in [7, 11) is -3.30. The van der Waals surface area contributed by atoms with Crippen molar-refractivity contribution in [1.29, 1.82) is 0 Å². The third-order valence-corrected chi connectivity index (χ3v) is 4.14. The van der Waals surface area contributed by atoms with Gasteiger partial charge in [0, 0.05) is 25.7 Å². The van der Waals surface area contributed by atoms with Crippen molar-refractivity contribution < 1.29 is 8.42 Å². The summed E-state index contributed by atoms with van der Waals surface area (Å²) in [6.07, 6.45) is 0.942. The van der Waals surface area contributed by atoms with Crippen LogP contribution in [0.4, 0.5) is 0 Å². The van der Waals surface area contributed by atoms with Crippen molar-refractivity contribution in [2.45, 2.75) is 26.3 Å². The van der Waals surface area contributed by atoms with Crippen LogP contribution in [-0.4, -0.2) is 38.4 Å². The highest BCUT2D eigenvalue weighted by Gasteiger charge is 2.29. The molecule has 1 aliphatic heterocycles. The molecule has 0 aliphatic carbocycles. The first kappa shape index (κ1) is 11.9. The molecule has 1 saturated heterocycles. The molecule has 0 aromatic carbocycles. The summed E-state index contributed by atoms with van der Waals surface area (Å²) < 4.78 is 27.4. The van der Waals surface area contributed by atoms with Crippen LogP contribution in [0.1, 0.15) is 20.3 Å². The van der Waals surface area contributed by atoms with Crippen LogP contribution in [-0.2, 0) is 10.2 Å². The second kappa shape index (κ2) is 4.57. The van der Waals surface area contributed by atoms with Gasteiger partial charge in [-0.25, -0.2) is 0 Å². The van der Waals surface area contributed by atoms with Gasteiger partial charge in [0.15, 0.2) is 0 Å². The fraction of sp³-hybridized carbons (Fsp3) is 1.00. The first-order valence-electron chi connectivity index (χ1n) is 4.93. The first-order valence-corrected chi connectivity index (χ1v) is 6.37. The maximum Gasteiger partial charge on any atom is 0.279 e. The number of nitrogens with one attached hydrogen (secondary N) is 1. The summed E-state index contributed by atoms with van der Waals surface area (Å²) >= 11 is 0. The lowest BCUT2D eigenvalue weighted by Gasteiger charge is -2.19. The Morgan fingerprint density at radius 3 is 2.71 bits per heavy atom. The molecule has 1 heterocycles. The molecule has 3 N–H and O–H groups in total. The predicted molar refractivity (Wildman–Crippen MR) is 55.9 cm³/mol. The van der Waals surface area contributed by atoms with E-state index < -0.39 is 10.2 Å². The minimum absolute atomic E-state index is 0.198. The molecular formula is C8H19N3O2S. The van der Waals surface area contributed by atoms with E-state index >= 15 is 0 Å². The van der Waals surface area contributed by atoms with E-state index in [1.54, 1.807) is 6.92 Å². The Morgan fingerprint density at radius 1 is 1.64 bits per heavy atom. The van der Waals surface area contributed by atoms with E-state index in [4.69, 9.17) is 5.73 Å². The Bertz CT molecular complexity index is 278. The van der Waals surface area contributed by atoms with Crippen LogP contribution in [0.25, 0.3) is 0 Å². The summed E-state index contributed by atoms with van der Waals surface area (Å²) in [4.78, 5) is 0. The van der Waals surface area contributed by atoms with Crippen LogP contribution in [0.15, 0.2) is 0 Å². The summed E-state index contributed by atoms with van der Waals surface area (Å²) in [5.41, 5.74) is 5.36. The zero-order chi connectivity index (χ0) is 10.8. The van der Waals surface area contributed by atoms with E-state index in [2.05, 4.69) is 11.6 Å². The highest BCUT2D eigenvalue weighted by molar-refractivity contribution is 7.87. The molecule has 1 fully saturated rings. The van der Waals surface area contributed by atoms with Gasteiger partial charge in [0.05, 0.1) is 0 Å². The highest BCUT2D eigenvalue weighted by Crippen LogP contribution is 2.17. The molecule has 6 heteroatoms. The highest BCUT2D eigenvalue weighted by atomic mass is 32.2. The minimum atomic E-state index is -3.30. The molecule has 0 aromatic heterocycles. The van der Waals surface area contributed by atoms with E-state index in [-0.39, 0.29) is 6.04 Å². The predicted octanol–water partition coefficient (Wildman–Crippen LogP) is -0.490. The molecule has 2 atom stereocenters. The fourth-order valence-electron chi connectivity index (χ4n) is 1.49. The van der Waals surface area contributed by atoms with Crippen molar-refractivity contribution in [2.24, 2.45) is 11.7 Å². The smallest absolute Gasteiger partial charge is 0.279 e. The van der Waals surface area contributed by atoms with Gasteiger partial charge in [0.1, 0.15) is 0 Å². The molecule has 0 saturated carbocycles. The number of rotatable bonds is 4. The third-order valence-electron chi connectivity index (χ3n) is 2.43. The topological polar surface area (TPSA) is 75.4 Å². The molecule has 14 heavy (non-hydrogen) atoms. The molecule has 0 amide bonds. The Morgan fingerprint density at radius 2 is 2.29 bits per heavy atom. The van der Waals surface area contributed by atoms with Crippen LogP contribution in [0.2, 0.25) is 0 Å². The third kappa shape index (κ3) is 2.91. The average Bonchev–Trinajstić information content (AvgIpc) is 2.51. The van der Waals surface area contributed by atoms with E-state index in [1.165, 1.54) is 4.31 Å². The van der Waals surface area contributed by atoms with Gasteiger partial charge < -0.3 is 5.73 Å². The lowest BCUT2D eigenvalue weighted by molar-refractivity contribution is 0.445. The van der Waals surface area contributed by atoms with Gasteiger partial charge >= 0.3 is 0 Å². The van der Waals surface area contributed by atoms with Gasteiger partial charge in [-0.1, -0.05) is 6.92 Å². The van der Waals surface area contributed by atoms with Gasteiger partial charge in [0.25, 0.3) is 10.2 Å². The van der Waals surface area contributed by atoms with E-state index in [0.29, 0.717) is 25.6 Å². The van der Waals surface area contributed by atoms with Crippen molar-refractivity contribution in [3.63, 3.8) is 0 Å². The summed E-state index contributed by atoms with van der Waals surface area (Å²) in [5.74, 6) is 0.458. The number of hydrogen-bond donors (Lipinski definition) is 2. The summed E-state index contributed by atoms with van der Waals surface area (Å²) in [6, 6.07) is -0.198. The van der Waals surface area contributed by atoms with Crippen molar-refractivity contribution in [3.8, 4) is 0 Å². The van der Waals surface area contributed by atoms with Crippen LogP contribution in [0.3, 0.4) is 0 Å². The SMILES string of the molecule is CC1CCN(S(=O)(=O)N[C@H](C)CN)C1. The van der Waals surface area contributed by atoms with Crippen LogP contribution in [0, 0.1) is 5.92 Å². The zero-order valence-electron chi connectivity index (χ0n) is 8.73. The molecule has 1 aliphatic rings. The maximum absolute atomic E-state index is 11.7. The molecule has 84 valence electrons. The van der Waals surface area contributed by atoms with Gasteiger partial charge in [-0.15, -0.1) is 0 Å². The second-order valence-corrected chi connectivity index (χ2v) is 5.71.